The average Bonchev–Trinajstić information content (AvgIpc) is 2.54. The van der Waals surface area contributed by atoms with Crippen LogP contribution in [0.25, 0.3) is 0 Å². The minimum atomic E-state index is -0.0641. The molecular weight excluding hydrogens is 246 g/mol. The molecule has 0 N–H and O–H groups in total. The van der Waals surface area contributed by atoms with Crippen LogP contribution >= 0.6 is 0 Å². The van der Waals surface area contributed by atoms with E-state index in [4.69, 9.17) is 0 Å². The smallest absolute Gasteiger partial charge is 0.179 e. The number of rotatable bonds is 3. The quantitative estimate of drug-likeness (QED) is 0.793. The molecule has 1 aliphatic heterocycles. The summed E-state index contributed by atoms with van der Waals surface area (Å²) in [7, 11) is 0. The highest BCUT2D eigenvalue weighted by atomic mass is 16.1. The number of carbonyl (C=O) groups excluding carboxylic acids is 1. The second-order valence-corrected chi connectivity index (χ2v) is 5.40. The third-order valence-corrected chi connectivity index (χ3v) is 4.15. The van der Waals surface area contributed by atoms with Gasteiger partial charge in [0.1, 0.15) is 0 Å². The second-order valence-electron chi connectivity index (χ2n) is 5.40. The zero-order valence-corrected chi connectivity index (χ0v) is 11.8. The van der Waals surface area contributed by atoms with Crippen LogP contribution in [0.1, 0.15) is 28.4 Å². The van der Waals surface area contributed by atoms with E-state index in [1.54, 1.807) is 0 Å². The summed E-state index contributed by atoms with van der Waals surface area (Å²) in [4.78, 5) is 14.8. The number of nitrogens with zero attached hydrogens (tertiary/aromatic N) is 1. The fourth-order valence-electron chi connectivity index (χ4n) is 2.86. The van der Waals surface area contributed by atoms with Crippen molar-refractivity contribution in [3.8, 4) is 0 Å². The largest absolute Gasteiger partial charge is 0.292 e. The van der Waals surface area contributed by atoms with Crippen LogP contribution in [0.15, 0.2) is 54.6 Å². The van der Waals surface area contributed by atoms with Gasteiger partial charge in [0, 0.05) is 18.7 Å². The summed E-state index contributed by atoms with van der Waals surface area (Å²) < 4.78 is 0. The van der Waals surface area contributed by atoms with Gasteiger partial charge >= 0.3 is 0 Å². The number of fused-ring (bicyclic) bond motifs is 1. The second kappa shape index (κ2) is 5.59. The third-order valence-electron chi connectivity index (χ3n) is 4.15. The van der Waals surface area contributed by atoms with Crippen molar-refractivity contribution in [3.05, 3.63) is 71.3 Å². The van der Waals surface area contributed by atoms with Gasteiger partial charge in [-0.2, -0.15) is 0 Å². The Morgan fingerprint density at radius 2 is 1.65 bits per heavy atom. The minimum Gasteiger partial charge on any atom is -0.292 e. The molecule has 2 aromatic carbocycles. The number of carbonyl (C=O) groups is 1. The first-order valence-electron chi connectivity index (χ1n) is 7.16. The van der Waals surface area contributed by atoms with Gasteiger partial charge < -0.3 is 0 Å². The van der Waals surface area contributed by atoms with E-state index in [1.165, 1.54) is 11.1 Å². The zero-order valence-electron chi connectivity index (χ0n) is 11.8. The van der Waals surface area contributed by atoms with Crippen LogP contribution in [0.2, 0.25) is 0 Å². The number of Topliss-reactive ketones (excluding diaryl/α,β-unsaturated/α-hetero) is 1. The Labute approximate surface area is 120 Å². The summed E-state index contributed by atoms with van der Waals surface area (Å²) in [5.41, 5.74) is 3.58. The highest BCUT2D eigenvalue weighted by Gasteiger charge is 2.25. The number of benzene rings is 2. The Kier molecular flexibility index (Phi) is 3.66. The van der Waals surface area contributed by atoms with Gasteiger partial charge in [0.15, 0.2) is 5.78 Å². The molecule has 1 atom stereocenters. The summed E-state index contributed by atoms with van der Waals surface area (Å²) >= 11 is 0. The summed E-state index contributed by atoms with van der Waals surface area (Å²) in [6.45, 7) is 3.84. The van der Waals surface area contributed by atoms with Gasteiger partial charge in [0.2, 0.25) is 0 Å². The molecule has 0 fully saturated rings. The van der Waals surface area contributed by atoms with Crippen LogP contribution in [-0.4, -0.2) is 23.3 Å². The molecule has 0 saturated heterocycles. The first kappa shape index (κ1) is 13.1. The zero-order chi connectivity index (χ0) is 13.9. The van der Waals surface area contributed by atoms with E-state index >= 15 is 0 Å². The summed E-state index contributed by atoms with van der Waals surface area (Å²) in [5.74, 6) is 0.213. The van der Waals surface area contributed by atoms with E-state index in [1.807, 2.05) is 37.3 Å². The third kappa shape index (κ3) is 2.52. The monoisotopic (exact) mass is 265 g/mol. The number of ketones is 1. The molecule has 20 heavy (non-hydrogen) atoms. The lowest BCUT2D eigenvalue weighted by Crippen LogP contribution is -2.42. The lowest BCUT2D eigenvalue weighted by atomic mass is 9.96. The molecule has 0 aromatic heterocycles. The molecule has 3 rings (SSSR count). The maximum atomic E-state index is 12.5. The van der Waals surface area contributed by atoms with Crippen molar-refractivity contribution in [2.75, 3.05) is 6.54 Å². The van der Waals surface area contributed by atoms with Gasteiger partial charge in [-0.25, -0.2) is 0 Å². The molecule has 2 heteroatoms. The average molecular weight is 265 g/mol. The normalized spacial score (nSPS) is 16.4. The van der Waals surface area contributed by atoms with E-state index in [0.29, 0.717) is 0 Å². The fourth-order valence-corrected chi connectivity index (χ4v) is 2.86. The Bertz CT molecular complexity index is 606. The first-order chi connectivity index (χ1) is 9.75. The highest BCUT2D eigenvalue weighted by Crippen LogP contribution is 2.21. The summed E-state index contributed by atoms with van der Waals surface area (Å²) in [6.07, 6.45) is 1.03. The Morgan fingerprint density at radius 1 is 1.00 bits per heavy atom. The molecule has 1 unspecified atom stereocenters. The van der Waals surface area contributed by atoms with Crippen molar-refractivity contribution in [1.82, 2.24) is 4.90 Å². The fraction of sp³-hybridized carbons (Fsp3) is 0.278. The van der Waals surface area contributed by atoms with E-state index < -0.39 is 0 Å². The van der Waals surface area contributed by atoms with Crippen molar-refractivity contribution in [3.63, 3.8) is 0 Å². The van der Waals surface area contributed by atoms with Gasteiger partial charge in [0.25, 0.3) is 0 Å². The molecule has 0 radical (unpaired) electrons. The van der Waals surface area contributed by atoms with Crippen molar-refractivity contribution < 1.29 is 4.79 Å². The van der Waals surface area contributed by atoms with E-state index in [2.05, 4.69) is 29.2 Å². The first-order valence-corrected chi connectivity index (χ1v) is 7.16. The standard InChI is InChI=1S/C18H19NO/c1-14(18(20)16-8-3-2-4-9-16)19-12-11-15-7-5-6-10-17(15)13-19/h2-10,14H,11-13H2,1H3. The van der Waals surface area contributed by atoms with Gasteiger partial charge in [-0.1, -0.05) is 54.6 Å². The van der Waals surface area contributed by atoms with Gasteiger partial charge in [-0.3, -0.25) is 9.69 Å². The maximum absolute atomic E-state index is 12.5. The van der Waals surface area contributed by atoms with Crippen LogP contribution in [0.4, 0.5) is 0 Å². The lowest BCUT2D eigenvalue weighted by Gasteiger charge is -2.32. The van der Waals surface area contributed by atoms with E-state index in [0.717, 1.165) is 25.1 Å². The molecule has 1 aliphatic rings. The molecule has 0 spiro atoms. The molecule has 0 saturated carbocycles. The predicted octanol–water partition coefficient (Wildman–Crippen LogP) is 3.32. The molecule has 0 amide bonds. The molecule has 1 heterocycles. The van der Waals surface area contributed by atoms with Crippen LogP contribution in [0, 0.1) is 0 Å². The van der Waals surface area contributed by atoms with Gasteiger partial charge in [-0.15, -0.1) is 0 Å². The van der Waals surface area contributed by atoms with Crippen molar-refractivity contribution >= 4 is 5.78 Å². The van der Waals surface area contributed by atoms with Crippen LogP contribution in [0.5, 0.6) is 0 Å². The molecule has 2 nitrogen and oxygen atoms in total. The number of hydrogen-bond donors (Lipinski definition) is 0. The Hall–Kier alpha value is -1.93. The SMILES string of the molecule is CC(C(=O)c1ccccc1)N1CCc2ccccc2C1. The Morgan fingerprint density at radius 3 is 2.40 bits per heavy atom. The Balaban J connectivity index is 1.76. The topological polar surface area (TPSA) is 20.3 Å². The molecule has 102 valence electrons. The van der Waals surface area contributed by atoms with Crippen molar-refractivity contribution in [1.29, 1.82) is 0 Å². The molecule has 0 bridgehead atoms. The van der Waals surface area contributed by atoms with Crippen LogP contribution in [0.3, 0.4) is 0 Å². The van der Waals surface area contributed by atoms with Gasteiger partial charge in [-0.05, 0) is 24.5 Å². The van der Waals surface area contributed by atoms with Crippen molar-refractivity contribution in [2.45, 2.75) is 25.9 Å². The molecule has 0 aliphatic carbocycles. The minimum absolute atomic E-state index is 0.0641. The summed E-state index contributed by atoms with van der Waals surface area (Å²) in [5, 5.41) is 0. The van der Waals surface area contributed by atoms with E-state index in [-0.39, 0.29) is 11.8 Å². The lowest BCUT2D eigenvalue weighted by molar-refractivity contribution is 0.0819. The van der Waals surface area contributed by atoms with Crippen molar-refractivity contribution in [2.24, 2.45) is 0 Å². The molecular formula is C18H19NO. The maximum Gasteiger partial charge on any atom is 0.179 e. The van der Waals surface area contributed by atoms with E-state index in [9.17, 15) is 4.79 Å². The van der Waals surface area contributed by atoms with Crippen LogP contribution in [-0.2, 0) is 13.0 Å². The number of hydrogen-bond acceptors (Lipinski definition) is 2. The highest BCUT2D eigenvalue weighted by molar-refractivity contribution is 5.99. The molecule has 2 aromatic rings. The van der Waals surface area contributed by atoms with Gasteiger partial charge in [0.05, 0.1) is 6.04 Å². The predicted molar refractivity (Wildman–Crippen MR) is 80.8 cm³/mol. The summed E-state index contributed by atoms with van der Waals surface area (Å²) in [6, 6.07) is 18.0. The van der Waals surface area contributed by atoms with Crippen LogP contribution < -0.4 is 0 Å².